The van der Waals surface area contributed by atoms with E-state index in [-0.39, 0.29) is 10.7 Å². The molecule has 0 aromatic carbocycles. The van der Waals surface area contributed by atoms with Crippen LogP contribution in [0.25, 0.3) is 0 Å². The van der Waals surface area contributed by atoms with Gasteiger partial charge in [0.05, 0.1) is 6.20 Å². The van der Waals surface area contributed by atoms with Crippen LogP contribution in [0, 0.1) is 0 Å². The molecule has 0 radical (unpaired) electrons. The molecule has 2 N–H and O–H groups in total. The maximum Gasteiger partial charge on any atom is 0.266 e. The van der Waals surface area contributed by atoms with Gasteiger partial charge in [0.1, 0.15) is 10.7 Å². The summed E-state index contributed by atoms with van der Waals surface area (Å²) >= 11 is 3.23. The molecule has 2 aromatic rings. The standard InChI is InChI=1S/C12H14BrN5O2S/c1-2-3-16-12-10(6-9(13)7-17-12)21(19,20)18-11-8-14-4-5-15-11/h4-8H,2-3H2,1H3,(H,15,18)(H,16,17). The van der Waals surface area contributed by atoms with Gasteiger partial charge in [-0.25, -0.2) is 18.4 Å². The van der Waals surface area contributed by atoms with Crippen molar-refractivity contribution in [1.82, 2.24) is 15.0 Å². The van der Waals surface area contributed by atoms with Gasteiger partial charge in [-0.05, 0) is 28.4 Å². The number of hydrogen-bond acceptors (Lipinski definition) is 6. The first kappa shape index (κ1) is 15.6. The zero-order valence-electron chi connectivity index (χ0n) is 11.2. The van der Waals surface area contributed by atoms with Crippen molar-refractivity contribution in [3.63, 3.8) is 0 Å². The number of nitrogens with one attached hydrogen (secondary N) is 2. The van der Waals surface area contributed by atoms with Gasteiger partial charge in [-0.3, -0.25) is 9.71 Å². The largest absolute Gasteiger partial charge is 0.369 e. The van der Waals surface area contributed by atoms with Crippen molar-refractivity contribution in [2.45, 2.75) is 18.2 Å². The maximum atomic E-state index is 12.5. The molecule has 0 spiro atoms. The molecule has 0 fully saturated rings. The third kappa shape index (κ3) is 4.11. The summed E-state index contributed by atoms with van der Waals surface area (Å²) in [6.45, 7) is 2.61. The average Bonchev–Trinajstić information content (AvgIpc) is 2.46. The van der Waals surface area contributed by atoms with Crippen LogP contribution in [0.5, 0.6) is 0 Å². The predicted octanol–water partition coefficient (Wildman–Crippen LogP) is 2.26. The topological polar surface area (TPSA) is 96.9 Å². The van der Waals surface area contributed by atoms with Gasteiger partial charge in [0.25, 0.3) is 10.0 Å². The number of nitrogens with zero attached hydrogens (tertiary/aromatic N) is 3. The van der Waals surface area contributed by atoms with Crippen LogP contribution in [0.1, 0.15) is 13.3 Å². The molecule has 0 amide bonds. The summed E-state index contributed by atoms with van der Waals surface area (Å²) in [4.78, 5) is 11.9. The van der Waals surface area contributed by atoms with E-state index in [9.17, 15) is 8.42 Å². The van der Waals surface area contributed by atoms with Crippen molar-refractivity contribution in [2.75, 3.05) is 16.6 Å². The van der Waals surface area contributed by atoms with Gasteiger partial charge in [-0.2, -0.15) is 0 Å². The van der Waals surface area contributed by atoms with Crippen LogP contribution in [-0.4, -0.2) is 29.9 Å². The van der Waals surface area contributed by atoms with Crippen molar-refractivity contribution < 1.29 is 8.42 Å². The Morgan fingerprint density at radius 2 is 2.05 bits per heavy atom. The highest BCUT2D eigenvalue weighted by molar-refractivity contribution is 9.10. The Hall–Kier alpha value is -1.74. The Kier molecular flexibility index (Phi) is 5.07. The first-order chi connectivity index (χ1) is 10.0. The van der Waals surface area contributed by atoms with Crippen molar-refractivity contribution in [2.24, 2.45) is 0 Å². The van der Waals surface area contributed by atoms with E-state index >= 15 is 0 Å². The first-order valence-corrected chi connectivity index (χ1v) is 8.49. The van der Waals surface area contributed by atoms with E-state index in [2.05, 4.69) is 40.9 Å². The lowest BCUT2D eigenvalue weighted by Gasteiger charge is -2.12. The molecule has 0 unspecified atom stereocenters. The summed E-state index contributed by atoms with van der Waals surface area (Å²) in [7, 11) is -3.80. The quantitative estimate of drug-likeness (QED) is 0.808. The van der Waals surface area contributed by atoms with Crippen LogP contribution in [0.3, 0.4) is 0 Å². The molecule has 0 aliphatic carbocycles. The highest BCUT2D eigenvalue weighted by Crippen LogP contribution is 2.24. The number of anilines is 2. The summed E-state index contributed by atoms with van der Waals surface area (Å²) in [5.74, 6) is 0.454. The Morgan fingerprint density at radius 3 is 2.71 bits per heavy atom. The number of aromatic nitrogens is 3. The molecule has 2 rings (SSSR count). The molecule has 7 nitrogen and oxygen atoms in total. The van der Waals surface area contributed by atoms with Crippen molar-refractivity contribution in [1.29, 1.82) is 0 Å². The second-order valence-corrected chi connectivity index (χ2v) is 6.69. The second kappa shape index (κ2) is 6.81. The molecule has 0 bridgehead atoms. The molecule has 2 heterocycles. The Morgan fingerprint density at radius 1 is 1.24 bits per heavy atom. The molecule has 0 atom stereocenters. The number of pyridine rings is 1. The zero-order valence-corrected chi connectivity index (χ0v) is 13.6. The van der Waals surface area contributed by atoms with E-state index in [4.69, 9.17) is 0 Å². The third-order valence-corrected chi connectivity index (χ3v) is 4.26. The van der Waals surface area contributed by atoms with Crippen molar-refractivity contribution >= 4 is 37.6 Å². The van der Waals surface area contributed by atoms with Gasteiger partial charge >= 0.3 is 0 Å². The highest BCUT2D eigenvalue weighted by Gasteiger charge is 2.21. The summed E-state index contributed by atoms with van der Waals surface area (Å²) in [5, 5.41) is 2.99. The molecule has 2 aromatic heterocycles. The number of sulfonamides is 1. The number of rotatable bonds is 6. The van der Waals surface area contributed by atoms with E-state index in [0.29, 0.717) is 16.8 Å². The molecular weight excluding hydrogens is 358 g/mol. The summed E-state index contributed by atoms with van der Waals surface area (Å²) in [5.41, 5.74) is 0. The molecule has 0 saturated heterocycles. The van der Waals surface area contributed by atoms with Crippen LogP contribution in [0.4, 0.5) is 11.6 Å². The smallest absolute Gasteiger partial charge is 0.266 e. The monoisotopic (exact) mass is 371 g/mol. The molecule has 9 heteroatoms. The lowest BCUT2D eigenvalue weighted by molar-refractivity contribution is 0.601. The average molecular weight is 372 g/mol. The molecule has 0 saturated carbocycles. The van der Waals surface area contributed by atoms with Gasteiger partial charge in [0, 0.05) is 29.6 Å². The zero-order chi connectivity index (χ0) is 15.3. The summed E-state index contributed by atoms with van der Waals surface area (Å²) < 4.78 is 27.9. The minimum Gasteiger partial charge on any atom is -0.369 e. The summed E-state index contributed by atoms with van der Waals surface area (Å²) in [6, 6.07) is 1.49. The van der Waals surface area contributed by atoms with Crippen molar-refractivity contribution in [3.05, 3.63) is 35.3 Å². The second-order valence-electron chi connectivity index (χ2n) is 4.12. The Labute approximate surface area is 131 Å². The van der Waals surface area contributed by atoms with Gasteiger partial charge in [-0.1, -0.05) is 6.92 Å². The van der Waals surface area contributed by atoms with Gasteiger partial charge in [0.15, 0.2) is 5.82 Å². The fourth-order valence-corrected chi connectivity index (χ4v) is 3.18. The molecule has 0 aliphatic heterocycles. The lowest BCUT2D eigenvalue weighted by Crippen LogP contribution is -2.17. The van der Waals surface area contributed by atoms with E-state index < -0.39 is 10.0 Å². The SMILES string of the molecule is CCCNc1ncc(Br)cc1S(=O)(=O)Nc1cnccn1. The van der Waals surface area contributed by atoms with Crippen LogP contribution < -0.4 is 10.0 Å². The van der Waals surface area contributed by atoms with Crippen LogP contribution in [-0.2, 0) is 10.0 Å². The fraction of sp³-hybridized carbons (Fsp3) is 0.250. The first-order valence-electron chi connectivity index (χ1n) is 6.21. The maximum absolute atomic E-state index is 12.5. The lowest BCUT2D eigenvalue weighted by atomic mass is 10.4. The van der Waals surface area contributed by atoms with Crippen LogP contribution in [0.2, 0.25) is 0 Å². The number of halogens is 1. The molecule has 21 heavy (non-hydrogen) atoms. The third-order valence-electron chi connectivity index (χ3n) is 2.45. The van der Waals surface area contributed by atoms with E-state index in [1.165, 1.54) is 24.7 Å². The van der Waals surface area contributed by atoms with Crippen LogP contribution >= 0.6 is 15.9 Å². The highest BCUT2D eigenvalue weighted by atomic mass is 79.9. The summed E-state index contributed by atoms with van der Waals surface area (Å²) in [6.07, 6.45) is 6.61. The minimum atomic E-state index is -3.80. The minimum absolute atomic E-state index is 0.0518. The van der Waals surface area contributed by atoms with E-state index in [1.807, 2.05) is 6.92 Å². The normalized spacial score (nSPS) is 11.1. The molecular formula is C12H14BrN5O2S. The van der Waals surface area contributed by atoms with Gasteiger partial charge in [0.2, 0.25) is 0 Å². The predicted molar refractivity (Wildman–Crippen MR) is 83.6 cm³/mol. The molecule has 0 aliphatic rings. The van der Waals surface area contributed by atoms with Crippen LogP contribution in [0.15, 0.2) is 40.2 Å². The molecule has 112 valence electrons. The Bertz CT molecular complexity index is 709. The van der Waals surface area contributed by atoms with E-state index in [1.54, 1.807) is 6.20 Å². The fourth-order valence-electron chi connectivity index (χ4n) is 1.55. The van der Waals surface area contributed by atoms with Gasteiger partial charge < -0.3 is 5.32 Å². The van der Waals surface area contributed by atoms with E-state index in [0.717, 1.165) is 6.42 Å². The Balaban J connectivity index is 2.36. The van der Waals surface area contributed by atoms with Gasteiger partial charge in [-0.15, -0.1) is 0 Å². The number of hydrogen-bond donors (Lipinski definition) is 2. The van der Waals surface area contributed by atoms with Crippen molar-refractivity contribution in [3.8, 4) is 0 Å².